The largest absolute Gasteiger partial charge is 0.394 e. The summed E-state index contributed by atoms with van der Waals surface area (Å²) in [7, 11) is -3.75. The highest BCUT2D eigenvalue weighted by Crippen LogP contribution is 2.23. The van der Waals surface area contributed by atoms with Crippen molar-refractivity contribution in [2.45, 2.75) is 11.0 Å². The van der Waals surface area contributed by atoms with Crippen LogP contribution in [0.5, 0.6) is 0 Å². The fourth-order valence-corrected chi connectivity index (χ4v) is 4.69. The van der Waals surface area contributed by atoms with Crippen LogP contribution in [-0.2, 0) is 14.8 Å². The van der Waals surface area contributed by atoms with E-state index in [0.717, 1.165) is 17.3 Å². The van der Waals surface area contributed by atoms with Crippen molar-refractivity contribution in [1.29, 1.82) is 0 Å². The van der Waals surface area contributed by atoms with Crippen molar-refractivity contribution in [3.8, 4) is 0 Å². The summed E-state index contributed by atoms with van der Waals surface area (Å²) in [5, 5.41) is 12.7. The third kappa shape index (κ3) is 3.79. The Hall–Kier alpha value is -1.43. The lowest BCUT2D eigenvalue weighted by molar-refractivity contribution is 0.0311. The van der Waals surface area contributed by atoms with Gasteiger partial charge in [0, 0.05) is 6.54 Å². The van der Waals surface area contributed by atoms with E-state index >= 15 is 0 Å². The van der Waals surface area contributed by atoms with Crippen LogP contribution in [0.2, 0.25) is 0 Å². The molecule has 24 heavy (non-hydrogen) atoms. The lowest BCUT2D eigenvalue weighted by atomic mass is 10.2. The molecule has 7 nitrogen and oxygen atoms in total. The number of nitrogens with one attached hydrogen (secondary N) is 1. The average Bonchev–Trinajstić information content (AvgIpc) is 3.25. The van der Waals surface area contributed by atoms with Gasteiger partial charge in [0.05, 0.1) is 31.0 Å². The van der Waals surface area contributed by atoms with Crippen molar-refractivity contribution in [2.24, 2.45) is 0 Å². The minimum atomic E-state index is -3.75. The second-order valence-corrected chi connectivity index (χ2v) is 7.92. The summed E-state index contributed by atoms with van der Waals surface area (Å²) in [5.74, 6) is 0. The molecule has 0 unspecified atom stereocenters. The summed E-state index contributed by atoms with van der Waals surface area (Å²) in [6.45, 7) is 0.0675. The van der Waals surface area contributed by atoms with Crippen molar-refractivity contribution in [2.75, 3.05) is 19.8 Å². The molecule has 0 aliphatic carbocycles. The van der Waals surface area contributed by atoms with Crippen molar-refractivity contribution < 1.29 is 18.3 Å². The summed E-state index contributed by atoms with van der Waals surface area (Å²) in [6.07, 6.45) is -0.467. The first kappa shape index (κ1) is 17.4. The van der Waals surface area contributed by atoms with Crippen LogP contribution in [0.3, 0.4) is 0 Å². The Morgan fingerprint density at radius 2 is 2.17 bits per heavy atom. The van der Waals surface area contributed by atoms with Gasteiger partial charge in [-0.05, 0) is 34.5 Å². The number of aromatic nitrogens is 2. The minimum Gasteiger partial charge on any atom is -0.394 e. The summed E-state index contributed by atoms with van der Waals surface area (Å²) in [4.78, 5) is 0.0972. The number of hydrogen-bond donors (Lipinski definition) is 2. The van der Waals surface area contributed by atoms with Crippen LogP contribution in [0.4, 0.5) is 0 Å². The smallest absolute Gasteiger partial charge is 0.242 e. The van der Waals surface area contributed by atoms with Crippen molar-refractivity contribution >= 4 is 44.1 Å². The zero-order valence-corrected chi connectivity index (χ0v) is 14.9. The molecule has 2 aromatic heterocycles. The van der Waals surface area contributed by atoms with E-state index in [0.29, 0.717) is 11.0 Å². The van der Waals surface area contributed by atoms with E-state index < -0.39 is 16.1 Å². The highest BCUT2D eigenvalue weighted by molar-refractivity contribution is 7.89. The van der Waals surface area contributed by atoms with Crippen LogP contribution in [0.15, 0.2) is 39.9 Å². The van der Waals surface area contributed by atoms with Crippen molar-refractivity contribution in [3.05, 3.63) is 40.6 Å². The highest BCUT2D eigenvalue weighted by Gasteiger charge is 2.22. The van der Waals surface area contributed by atoms with Crippen LogP contribution >= 0.6 is 23.1 Å². The number of fused-ring (bicyclic) bond motifs is 1. The molecule has 2 heterocycles. The molecule has 0 fully saturated rings. The van der Waals surface area contributed by atoms with Gasteiger partial charge in [-0.25, -0.2) is 13.1 Å². The number of benzene rings is 1. The molecular weight excluding hydrogens is 370 g/mol. The molecule has 0 saturated carbocycles. The van der Waals surface area contributed by atoms with Gasteiger partial charge in [0.15, 0.2) is 0 Å². The van der Waals surface area contributed by atoms with E-state index in [-0.39, 0.29) is 24.7 Å². The molecule has 0 spiro atoms. The molecular formula is C14H15N3O4S3. The van der Waals surface area contributed by atoms with Crippen molar-refractivity contribution in [1.82, 2.24) is 13.5 Å². The Morgan fingerprint density at radius 3 is 2.92 bits per heavy atom. The number of aliphatic hydroxyl groups excluding tert-OH is 1. The van der Waals surface area contributed by atoms with Gasteiger partial charge in [-0.2, -0.15) is 20.1 Å². The van der Waals surface area contributed by atoms with Gasteiger partial charge in [-0.3, -0.25) is 0 Å². The van der Waals surface area contributed by atoms with E-state index in [1.54, 1.807) is 12.1 Å². The number of hydrogen-bond acceptors (Lipinski definition) is 8. The second kappa shape index (κ2) is 7.64. The lowest BCUT2D eigenvalue weighted by Gasteiger charge is -2.17. The third-order valence-corrected chi connectivity index (χ3v) is 6.02. The van der Waals surface area contributed by atoms with Crippen LogP contribution in [-0.4, -0.2) is 42.0 Å². The molecule has 0 radical (unpaired) electrons. The van der Waals surface area contributed by atoms with Crippen LogP contribution in [0, 0.1) is 0 Å². The van der Waals surface area contributed by atoms with E-state index in [9.17, 15) is 8.42 Å². The normalized spacial score (nSPS) is 13.4. The van der Waals surface area contributed by atoms with Gasteiger partial charge < -0.3 is 9.84 Å². The maximum absolute atomic E-state index is 12.6. The molecule has 1 atom stereocenters. The topological polar surface area (TPSA) is 101 Å². The standard InChI is InChI=1S/C14H15N3O4S3/c18-5-6-21-12(10-4-7-22-9-10)8-15-24(19,20)13-3-1-2-11-14(13)17-23-16-11/h1-4,7,9,12,15,18H,5-6,8H2/t12-/m1/s1. The SMILES string of the molecule is O=S(=O)(NC[C@@H](OCCO)c1ccsc1)c1cccc2nsnc12. The number of thiophene rings is 1. The zero-order valence-electron chi connectivity index (χ0n) is 12.5. The van der Waals surface area contributed by atoms with E-state index in [4.69, 9.17) is 9.84 Å². The van der Waals surface area contributed by atoms with Gasteiger partial charge in [0.25, 0.3) is 0 Å². The van der Waals surface area contributed by atoms with Crippen LogP contribution < -0.4 is 4.72 Å². The molecule has 0 aliphatic heterocycles. The fraction of sp³-hybridized carbons (Fsp3) is 0.286. The number of sulfonamides is 1. The van der Waals surface area contributed by atoms with Crippen molar-refractivity contribution in [3.63, 3.8) is 0 Å². The minimum absolute atomic E-state index is 0.0625. The number of aliphatic hydroxyl groups is 1. The number of rotatable bonds is 8. The zero-order chi connectivity index (χ0) is 17.0. The first-order chi connectivity index (χ1) is 11.6. The number of nitrogens with zero attached hydrogens (tertiary/aromatic N) is 2. The highest BCUT2D eigenvalue weighted by atomic mass is 32.2. The molecule has 3 rings (SSSR count). The molecule has 0 bridgehead atoms. The summed E-state index contributed by atoms with van der Waals surface area (Å²) < 4.78 is 41.5. The van der Waals surface area contributed by atoms with E-state index in [1.807, 2.05) is 16.8 Å². The summed E-state index contributed by atoms with van der Waals surface area (Å²) >= 11 is 2.47. The Kier molecular flexibility index (Phi) is 5.54. The molecule has 0 saturated heterocycles. The van der Waals surface area contributed by atoms with Crippen LogP contribution in [0.1, 0.15) is 11.7 Å². The third-order valence-electron chi connectivity index (χ3n) is 3.32. The first-order valence-electron chi connectivity index (χ1n) is 7.07. The maximum Gasteiger partial charge on any atom is 0.242 e. The molecule has 128 valence electrons. The maximum atomic E-state index is 12.6. The lowest BCUT2D eigenvalue weighted by Crippen LogP contribution is -2.30. The Morgan fingerprint density at radius 1 is 1.29 bits per heavy atom. The van der Waals surface area contributed by atoms with E-state index in [1.165, 1.54) is 17.4 Å². The summed E-state index contributed by atoms with van der Waals surface area (Å²) in [5.41, 5.74) is 1.77. The molecule has 10 heteroatoms. The molecule has 1 aromatic carbocycles. The quantitative estimate of drug-likeness (QED) is 0.613. The Labute approximate surface area is 147 Å². The summed E-state index contributed by atoms with van der Waals surface area (Å²) in [6, 6.07) is 6.72. The first-order valence-corrected chi connectivity index (χ1v) is 10.2. The van der Waals surface area contributed by atoms with E-state index in [2.05, 4.69) is 13.5 Å². The predicted molar refractivity (Wildman–Crippen MR) is 92.7 cm³/mol. The molecule has 3 aromatic rings. The monoisotopic (exact) mass is 385 g/mol. The second-order valence-electron chi connectivity index (χ2n) is 4.88. The van der Waals surface area contributed by atoms with Gasteiger partial charge in [-0.15, -0.1) is 0 Å². The number of ether oxygens (including phenoxy) is 1. The van der Waals surface area contributed by atoms with Crippen LogP contribution in [0.25, 0.3) is 11.0 Å². The van der Waals surface area contributed by atoms with Gasteiger partial charge in [0.2, 0.25) is 10.0 Å². The molecule has 0 aliphatic rings. The predicted octanol–water partition coefficient (Wildman–Crippen LogP) is 1.78. The van der Waals surface area contributed by atoms with Gasteiger partial charge >= 0.3 is 0 Å². The Bertz CT molecular complexity index is 893. The average molecular weight is 385 g/mol. The van der Waals surface area contributed by atoms with Gasteiger partial charge in [0.1, 0.15) is 15.9 Å². The molecule has 0 amide bonds. The molecule has 2 N–H and O–H groups in total. The Balaban J connectivity index is 1.79. The fourth-order valence-electron chi connectivity index (χ4n) is 2.19. The van der Waals surface area contributed by atoms with Gasteiger partial charge in [-0.1, -0.05) is 6.07 Å².